The molecule has 0 aromatic heterocycles. The molecule has 4 aliphatic rings. The monoisotopic (exact) mass is 444 g/mol. The summed E-state index contributed by atoms with van der Waals surface area (Å²) >= 11 is 0. The van der Waals surface area contributed by atoms with Crippen molar-refractivity contribution in [3.05, 3.63) is 11.6 Å². The Kier molecular flexibility index (Phi) is 7.16. The highest BCUT2D eigenvalue weighted by Crippen LogP contribution is 2.67. The molecule has 3 heteroatoms. The van der Waals surface area contributed by atoms with Crippen LogP contribution in [0.4, 0.5) is 0 Å². The number of allylic oxidation sites excluding steroid dienone is 1. The highest BCUT2D eigenvalue weighted by molar-refractivity contribution is 5.66. The first kappa shape index (κ1) is 24.3. The molecule has 3 fully saturated rings. The zero-order chi connectivity index (χ0) is 23.1. The number of carbonyl (C=O) groups excluding carboxylic acids is 1. The molecule has 0 bridgehead atoms. The lowest BCUT2D eigenvalue weighted by atomic mass is 9.47. The van der Waals surface area contributed by atoms with E-state index >= 15 is 0 Å². The van der Waals surface area contributed by atoms with Crippen molar-refractivity contribution in [2.45, 2.75) is 111 Å². The third-order valence-electron chi connectivity index (χ3n) is 10.8. The number of ether oxygens (including phenoxy) is 1. The van der Waals surface area contributed by atoms with E-state index in [2.05, 4.69) is 33.8 Å². The van der Waals surface area contributed by atoms with Crippen LogP contribution in [0.2, 0.25) is 0 Å². The van der Waals surface area contributed by atoms with Crippen LogP contribution in [0, 0.1) is 46.3 Å². The van der Waals surface area contributed by atoms with E-state index in [9.17, 15) is 9.90 Å². The number of carbonyl (C=O) groups is 1. The summed E-state index contributed by atoms with van der Waals surface area (Å²) in [5, 5.41) is 9.35. The number of hydrogen-bond acceptors (Lipinski definition) is 3. The summed E-state index contributed by atoms with van der Waals surface area (Å²) in [6, 6.07) is 0. The summed E-state index contributed by atoms with van der Waals surface area (Å²) in [6.45, 7) is 11.8. The SMILES string of the molecule is CC(=O)OC1CC[C@@]2(C)C(=CCC3C4CCC(C(C)CCCC(C)CO)[C@@]4(C)CCC32)C1. The highest BCUT2D eigenvalue weighted by atomic mass is 16.5. The van der Waals surface area contributed by atoms with Crippen molar-refractivity contribution in [2.24, 2.45) is 46.3 Å². The van der Waals surface area contributed by atoms with E-state index in [0.717, 1.165) is 42.4 Å². The van der Waals surface area contributed by atoms with Crippen molar-refractivity contribution in [1.82, 2.24) is 0 Å². The van der Waals surface area contributed by atoms with Gasteiger partial charge in [0.15, 0.2) is 0 Å². The van der Waals surface area contributed by atoms with Crippen LogP contribution in [0.3, 0.4) is 0 Å². The van der Waals surface area contributed by atoms with Gasteiger partial charge in [0, 0.05) is 20.0 Å². The molecule has 4 rings (SSSR count). The maximum absolute atomic E-state index is 11.5. The van der Waals surface area contributed by atoms with Gasteiger partial charge in [-0.2, -0.15) is 0 Å². The number of aliphatic hydroxyl groups is 1. The smallest absolute Gasteiger partial charge is 0.302 e. The fourth-order valence-corrected chi connectivity index (χ4v) is 9.02. The van der Waals surface area contributed by atoms with Crippen molar-refractivity contribution in [1.29, 1.82) is 0 Å². The van der Waals surface area contributed by atoms with Gasteiger partial charge in [-0.25, -0.2) is 0 Å². The second-order valence-electron chi connectivity index (χ2n) is 12.7. The lowest BCUT2D eigenvalue weighted by Crippen LogP contribution is -2.51. The predicted octanol–water partition coefficient (Wildman–Crippen LogP) is 6.93. The Balaban J connectivity index is 1.44. The van der Waals surface area contributed by atoms with Gasteiger partial charge in [-0.1, -0.05) is 52.2 Å². The summed E-state index contributed by atoms with van der Waals surface area (Å²) < 4.78 is 5.61. The third-order valence-corrected chi connectivity index (χ3v) is 10.8. The molecule has 1 N–H and O–H groups in total. The molecule has 0 aromatic carbocycles. The first-order valence-electron chi connectivity index (χ1n) is 13.7. The standard InChI is InChI=1S/C29H48O3/c1-19(18-30)7-6-8-20(2)25-11-12-26-24-10-9-22-17-23(32-21(3)31)13-15-28(22,4)27(24)14-16-29(25,26)5/h9,19-20,23-27,30H,6-8,10-18H2,1-5H3/t19?,20?,23?,24?,25?,26?,27?,28-,29+/m0/s1. The van der Waals surface area contributed by atoms with E-state index in [1.165, 1.54) is 57.8 Å². The van der Waals surface area contributed by atoms with E-state index in [-0.39, 0.29) is 12.1 Å². The van der Waals surface area contributed by atoms with Gasteiger partial charge >= 0.3 is 5.97 Å². The maximum Gasteiger partial charge on any atom is 0.302 e. The summed E-state index contributed by atoms with van der Waals surface area (Å²) in [6.07, 6.45) is 16.5. The minimum Gasteiger partial charge on any atom is -0.462 e. The number of aliphatic hydroxyl groups excluding tert-OH is 1. The van der Waals surface area contributed by atoms with E-state index < -0.39 is 0 Å². The van der Waals surface area contributed by atoms with Gasteiger partial charge in [-0.05, 0) is 97.7 Å². The molecule has 0 saturated heterocycles. The minimum absolute atomic E-state index is 0.0995. The van der Waals surface area contributed by atoms with Crippen molar-refractivity contribution in [2.75, 3.05) is 6.61 Å². The molecule has 7 unspecified atom stereocenters. The quantitative estimate of drug-likeness (QED) is 0.342. The molecule has 3 nitrogen and oxygen atoms in total. The molecule has 0 spiro atoms. The lowest BCUT2D eigenvalue weighted by molar-refractivity contribution is -0.148. The minimum atomic E-state index is -0.127. The first-order valence-corrected chi connectivity index (χ1v) is 13.7. The van der Waals surface area contributed by atoms with Crippen LogP contribution in [-0.4, -0.2) is 23.8 Å². The molecule has 0 aromatic rings. The predicted molar refractivity (Wildman–Crippen MR) is 130 cm³/mol. The van der Waals surface area contributed by atoms with Gasteiger partial charge in [-0.15, -0.1) is 0 Å². The van der Waals surface area contributed by atoms with Crippen molar-refractivity contribution >= 4 is 5.97 Å². The third kappa shape index (κ3) is 4.32. The van der Waals surface area contributed by atoms with Crippen molar-refractivity contribution in [3.63, 3.8) is 0 Å². The summed E-state index contributed by atoms with van der Waals surface area (Å²) in [7, 11) is 0. The van der Waals surface area contributed by atoms with E-state index in [1.807, 2.05) is 0 Å². The van der Waals surface area contributed by atoms with Gasteiger partial charge in [0.2, 0.25) is 0 Å². The zero-order valence-corrected chi connectivity index (χ0v) is 21.4. The average molecular weight is 445 g/mol. The Labute approximate surface area is 196 Å². The Hall–Kier alpha value is -0.830. The van der Waals surface area contributed by atoms with Crippen LogP contribution in [0.15, 0.2) is 11.6 Å². The Bertz CT molecular complexity index is 713. The molecule has 9 atom stereocenters. The molecule has 32 heavy (non-hydrogen) atoms. The summed E-state index contributed by atoms with van der Waals surface area (Å²) in [5.74, 6) is 4.54. The normalized spacial score (nSPS) is 42.8. The summed E-state index contributed by atoms with van der Waals surface area (Å²) in [5.41, 5.74) is 2.44. The zero-order valence-electron chi connectivity index (χ0n) is 21.4. The number of hydrogen-bond donors (Lipinski definition) is 1. The Morgan fingerprint density at radius 3 is 2.62 bits per heavy atom. The Morgan fingerprint density at radius 1 is 1.12 bits per heavy atom. The van der Waals surface area contributed by atoms with Crippen LogP contribution < -0.4 is 0 Å². The molecular weight excluding hydrogens is 396 g/mol. The van der Waals surface area contributed by atoms with Crippen molar-refractivity contribution < 1.29 is 14.6 Å². The molecule has 182 valence electrons. The van der Waals surface area contributed by atoms with Gasteiger partial charge in [0.05, 0.1) is 0 Å². The average Bonchev–Trinajstić information content (AvgIpc) is 3.10. The molecule has 0 heterocycles. The second kappa shape index (κ2) is 9.43. The molecule has 0 amide bonds. The largest absolute Gasteiger partial charge is 0.462 e. The second-order valence-corrected chi connectivity index (χ2v) is 12.7. The number of rotatable bonds is 7. The van der Waals surface area contributed by atoms with Crippen LogP contribution in [0.5, 0.6) is 0 Å². The topological polar surface area (TPSA) is 46.5 Å². The van der Waals surface area contributed by atoms with Crippen LogP contribution in [-0.2, 0) is 9.53 Å². The fourth-order valence-electron chi connectivity index (χ4n) is 9.02. The first-order chi connectivity index (χ1) is 15.2. The molecule has 0 radical (unpaired) electrons. The van der Waals surface area contributed by atoms with Gasteiger partial charge in [-0.3, -0.25) is 4.79 Å². The number of esters is 1. The van der Waals surface area contributed by atoms with Gasteiger partial charge in [0.25, 0.3) is 0 Å². The lowest BCUT2D eigenvalue weighted by Gasteiger charge is -2.58. The Morgan fingerprint density at radius 2 is 1.91 bits per heavy atom. The van der Waals surface area contributed by atoms with Gasteiger partial charge < -0.3 is 9.84 Å². The molecule has 4 aliphatic carbocycles. The van der Waals surface area contributed by atoms with Crippen LogP contribution >= 0.6 is 0 Å². The maximum atomic E-state index is 11.5. The number of fused-ring (bicyclic) bond motifs is 5. The molecule has 3 saturated carbocycles. The van der Waals surface area contributed by atoms with E-state index in [1.54, 1.807) is 12.5 Å². The summed E-state index contributed by atoms with van der Waals surface area (Å²) in [4.78, 5) is 11.5. The van der Waals surface area contributed by atoms with Crippen LogP contribution in [0.25, 0.3) is 0 Å². The van der Waals surface area contributed by atoms with Crippen LogP contribution in [0.1, 0.15) is 105 Å². The van der Waals surface area contributed by atoms with E-state index in [4.69, 9.17) is 4.74 Å². The van der Waals surface area contributed by atoms with E-state index in [0.29, 0.717) is 23.4 Å². The molecule has 0 aliphatic heterocycles. The van der Waals surface area contributed by atoms with Gasteiger partial charge in [0.1, 0.15) is 6.10 Å². The molecular formula is C29H48O3. The fraction of sp³-hybridized carbons (Fsp3) is 0.897. The highest BCUT2D eigenvalue weighted by Gasteiger charge is 2.59. The van der Waals surface area contributed by atoms with Crippen molar-refractivity contribution in [3.8, 4) is 0 Å².